The van der Waals surface area contributed by atoms with Crippen LogP contribution in [0.25, 0.3) is 10.8 Å². The predicted molar refractivity (Wildman–Crippen MR) is 70.6 cm³/mol. The molecule has 0 N–H and O–H groups in total. The summed E-state index contributed by atoms with van der Waals surface area (Å²) >= 11 is 0. The molecular weight excluding hydrogens is 246 g/mol. The summed E-state index contributed by atoms with van der Waals surface area (Å²) in [6, 6.07) is 15.6. The molecule has 3 nitrogen and oxygen atoms in total. The van der Waals surface area contributed by atoms with Gasteiger partial charge in [0, 0.05) is 11.0 Å². The molecular formula is C14H11NO2S. The minimum absolute atomic E-state index is 0.384. The van der Waals surface area contributed by atoms with E-state index in [4.69, 9.17) is 4.52 Å². The van der Waals surface area contributed by atoms with Crippen LogP contribution in [0.1, 0.15) is 5.69 Å². The number of hydrogen-bond donors (Lipinski definition) is 0. The van der Waals surface area contributed by atoms with Gasteiger partial charge in [0.2, 0.25) is 0 Å². The third-order valence-corrected chi connectivity index (χ3v) is 4.09. The molecule has 4 heteroatoms. The lowest BCUT2D eigenvalue weighted by atomic mass is 10.1. The Morgan fingerprint density at radius 3 is 2.67 bits per heavy atom. The molecule has 0 saturated heterocycles. The van der Waals surface area contributed by atoms with Crippen molar-refractivity contribution >= 4 is 21.6 Å². The summed E-state index contributed by atoms with van der Waals surface area (Å²) in [5.74, 6) is 0.384. The molecule has 0 aliphatic carbocycles. The van der Waals surface area contributed by atoms with Gasteiger partial charge in [-0.15, -0.1) is 0 Å². The maximum Gasteiger partial charge on any atom is 0.124 e. The number of nitrogens with zero attached hydrogens (tertiary/aromatic N) is 1. The first kappa shape index (κ1) is 11.2. The maximum absolute atomic E-state index is 12.2. The minimum Gasteiger partial charge on any atom is -0.364 e. The number of fused-ring (bicyclic) bond motifs is 1. The Kier molecular flexibility index (Phi) is 2.94. The smallest absolute Gasteiger partial charge is 0.124 e. The molecule has 1 atom stereocenters. The van der Waals surface area contributed by atoms with Crippen LogP contribution >= 0.6 is 0 Å². The Balaban J connectivity index is 1.92. The fraction of sp³-hybridized carbons (Fsp3) is 0.0714. The summed E-state index contributed by atoms with van der Waals surface area (Å²) in [4.78, 5) is 0.816. The number of aromatic nitrogens is 1. The third-order valence-electron chi connectivity index (χ3n) is 2.75. The Morgan fingerprint density at radius 1 is 1.06 bits per heavy atom. The first-order chi connectivity index (χ1) is 8.83. The molecule has 1 heterocycles. The normalized spacial score (nSPS) is 12.7. The molecule has 0 fully saturated rings. The summed E-state index contributed by atoms with van der Waals surface area (Å²) in [5.41, 5.74) is 0.710. The molecule has 0 aliphatic rings. The van der Waals surface area contributed by atoms with Gasteiger partial charge >= 0.3 is 0 Å². The molecule has 18 heavy (non-hydrogen) atoms. The van der Waals surface area contributed by atoms with E-state index in [1.165, 1.54) is 6.26 Å². The van der Waals surface area contributed by atoms with E-state index >= 15 is 0 Å². The quantitative estimate of drug-likeness (QED) is 0.724. The molecule has 0 spiro atoms. The average molecular weight is 257 g/mol. The van der Waals surface area contributed by atoms with Crippen LogP contribution in [0.2, 0.25) is 0 Å². The topological polar surface area (TPSA) is 43.1 Å². The number of hydrogen-bond acceptors (Lipinski definition) is 3. The van der Waals surface area contributed by atoms with Crippen LogP contribution in [0.5, 0.6) is 0 Å². The molecule has 0 radical (unpaired) electrons. The van der Waals surface area contributed by atoms with E-state index in [1.807, 2.05) is 42.5 Å². The lowest BCUT2D eigenvalue weighted by Crippen LogP contribution is -1.96. The summed E-state index contributed by atoms with van der Waals surface area (Å²) in [6.45, 7) is 0. The van der Waals surface area contributed by atoms with Gasteiger partial charge < -0.3 is 4.52 Å². The molecule has 90 valence electrons. The highest BCUT2D eigenvalue weighted by Crippen LogP contribution is 2.19. The number of rotatable bonds is 3. The third kappa shape index (κ3) is 2.19. The zero-order chi connectivity index (χ0) is 12.4. The Labute approximate surface area is 107 Å². The lowest BCUT2D eigenvalue weighted by Gasteiger charge is -2.02. The van der Waals surface area contributed by atoms with Gasteiger partial charge in [0.1, 0.15) is 6.26 Å². The Bertz CT molecular complexity index is 692. The van der Waals surface area contributed by atoms with Gasteiger partial charge in [-0.25, -0.2) is 0 Å². The van der Waals surface area contributed by atoms with E-state index in [1.54, 1.807) is 6.07 Å². The van der Waals surface area contributed by atoms with Gasteiger partial charge in [-0.2, -0.15) is 0 Å². The van der Waals surface area contributed by atoms with E-state index in [2.05, 4.69) is 5.16 Å². The summed E-state index contributed by atoms with van der Waals surface area (Å²) in [7, 11) is -1.09. The van der Waals surface area contributed by atoms with Crippen molar-refractivity contribution in [3.05, 3.63) is 60.5 Å². The van der Waals surface area contributed by atoms with Gasteiger partial charge in [0.25, 0.3) is 0 Å². The van der Waals surface area contributed by atoms with Crippen LogP contribution < -0.4 is 0 Å². The molecule has 0 aliphatic heterocycles. The second-order valence-electron chi connectivity index (χ2n) is 3.99. The molecule has 3 aromatic rings. The van der Waals surface area contributed by atoms with E-state index in [-0.39, 0.29) is 0 Å². The molecule has 0 saturated carbocycles. The zero-order valence-corrected chi connectivity index (χ0v) is 10.4. The van der Waals surface area contributed by atoms with Crippen LogP contribution in [-0.2, 0) is 16.6 Å². The van der Waals surface area contributed by atoms with Crippen LogP contribution in [0.4, 0.5) is 0 Å². The molecule has 1 aromatic heterocycles. The van der Waals surface area contributed by atoms with Crippen molar-refractivity contribution in [2.24, 2.45) is 0 Å². The molecule has 1 unspecified atom stereocenters. The van der Waals surface area contributed by atoms with Crippen molar-refractivity contribution in [3.8, 4) is 0 Å². The standard InChI is InChI=1S/C14H11NO2S/c16-18(10-13-7-8-17-15-13)14-6-5-11-3-1-2-4-12(11)9-14/h1-9H,10H2. The lowest BCUT2D eigenvalue weighted by molar-refractivity contribution is 0.414. The molecule has 3 rings (SSSR count). The van der Waals surface area contributed by atoms with Crippen LogP contribution in [0.15, 0.2) is 64.2 Å². The van der Waals surface area contributed by atoms with Crippen molar-refractivity contribution in [1.82, 2.24) is 5.16 Å². The van der Waals surface area contributed by atoms with Gasteiger partial charge in [0.05, 0.1) is 22.2 Å². The van der Waals surface area contributed by atoms with E-state index in [0.29, 0.717) is 11.4 Å². The number of benzene rings is 2. The van der Waals surface area contributed by atoms with E-state index in [9.17, 15) is 4.21 Å². The summed E-state index contributed by atoms with van der Waals surface area (Å²) in [6.07, 6.45) is 1.49. The van der Waals surface area contributed by atoms with Crippen molar-refractivity contribution in [2.75, 3.05) is 0 Å². The first-order valence-electron chi connectivity index (χ1n) is 5.59. The van der Waals surface area contributed by atoms with Crippen LogP contribution in [0.3, 0.4) is 0 Å². The van der Waals surface area contributed by atoms with Crippen molar-refractivity contribution in [2.45, 2.75) is 10.6 Å². The first-order valence-corrected chi connectivity index (χ1v) is 6.91. The Morgan fingerprint density at radius 2 is 1.89 bits per heavy atom. The highest BCUT2D eigenvalue weighted by Gasteiger charge is 2.07. The van der Waals surface area contributed by atoms with Crippen LogP contribution in [-0.4, -0.2) is 9.37 Å². The Hall–Kier alpha value is -1.94. The fourth-order valence-electron chi connectivity index (χ4n) is 1.84. The van der Waals surface area contributed by atoms with E-state index < -0.39 is 10.8 Å². The van der Waals surface area contributed by atoms with Gasteiger partial charge in [-0.1, -0.05) is 35.5 Å². The summed E-state index contributed by atoms with van der Waals surface area (Å²) < 4.78 is 16.9. The van der Waals surface area contributed by atoms with Crippen molar-refractivity contribution in [3.63, 3.8) is 0 Å². The largest absolute Gasteiger partial charge is 0.364 e. The monoisotopic (exact) mass is 257 g/mol. The summed E-state index contributed by atoms with van der Waals surface area (Å²) in [5, 5.41) is 6.03. The van der Waals surface area contributed by atoms with Crippen molar-refractivity contribution < 1.29 is 8.73 Å². The molecule has 0 amide bonds. The SMILES string of the molecule is O=S(Cc1ccon1)c1ccc2ccccc2c1. The van der Waals surface area contributed by atoms with E-state index in [0.717, 1.165) is 15.7 Å². The second kappa shape index (κ2) is 4.74. The zero-order valence-electron chi connectivity index (χ0n) is 9.58. The second-order valence-corrected chi connectivity index (χ2v) is 5.44. The molecule has 2 aromatic carbocycles. The van der Waals surface area contributed by atoms with Gasteiger partial charge in [-0.3, -0.25) is 4.21 Å². The van der Waals surface area contributed by atoms with Crippen LogP contribution in [0, 0.1) is 0 Å². The predicted octanol–water partition coefficient (Wildman–Crippen LogP) is 3.14. The highest BCUT2D eigenvalue weighted by molar-refractivity contribution is 7.84. The highest BCUT2D eigenvalue weighted by atomic mass is 32.2. The maximum atomic E-state index is 12.2. The minimum atomic E-state index is -1.09. The fourth-order valence-corrected chi connectivity index (χ4v) is 2.90. The van der Waals surface area contributed by atoms with Crippen molar-refractivity contribution in [1.29, 1.82) is 0 Å². The molecule has 0 bridgehead atoms. The van der Waals surface area contributed by atoms with Gasteiger partial charge in [0.15, 0.2) is 0 Å². The van der Waals surface area contributed by atoms with Gasteiger partial charge in [-0.05, 0) is 22.9 Å². The average Bonchev–Trinajstić information content (AvgIpc) is 2.91.